The van der Waals surface area contributed by atoms with Crippen LogP contribution in [0, 0.1) is 0 Å². The van der Waals surface area contributed by atoms with Crippen LogP contribution in [0.3, 0.4) is 0 Å². The summed E-state index contributed by atoms with van der Waals surface area (Å²) in [6, 6.07) is 21.7. The lowest BCUT2D eigenvalue weighted by atomic mass is 10.1. The van der Waals surface area contributed by atoms with Crippen molar-refractivity contribution in [3.05, 3.63) is 112 Å². The lowest BCUT2D eigenvalue weighted by Gasteiger charge is -2.12. The van der Waals surface area contributed by atoms with Gasteiger partial charge in [-0.15, -0.1) is 0 Å². The predicted molar refractivity (Wildman–Crippen MR) is 141 cm³/mol. The van der Waals surface area contributed by atoms with E-state index in [4.69, 9.17) is 21.1 Å². The van der Waals surface area contributed by atoms with Gasteiger partial charge in [0.2, 0.25) is 0 Å². The summed E-state index contributed by atoms with van der Waals surface area (Å²) in [5, 5.41) is 19.0. The number of aliphatic imine (C=N–C) groups is 1. The number of nitrogens with zero attached hydrogens (tertiary/aromatic N) is 1. The highest BCUT2D eigenvalue weighted by Crippen LogP contribution is 2.35. The standard InChI is InChI=1S/C29H22ClNO6/c1-2-19-15-22(16-26(30)27(19)37-29(35)21-7-11-24(33)12-8-21)31-17-18-3-13-25(14-4-18)36-28(34)20-5-9-23(32)10-6-20/h3-17,32-33H,2H2,1H3. The maximum Gasteiger partial charge on any atom is 0.343 e. The fraction of sp³-hybridized carbons (Fsp3) is 0.0690. The summed E-state index contributed by atoms with van der Waals surface area (Å²) in [5.41, 5.74) is 2.67. The van der Waals surface area contributed by atoms with Crippen LogP contribution in [0.15, 0.2) is 89.9 Å². The molecule has 4 aromatic rings. The van der Waals surface area contributed by atoms with Crippen molar-refractivity contribution in [1.29, 1.82) is 0 Å². The molecule has 0 spiro atoms. The van der Waals surface area contributed by atoms with Crippen LogP contribution in [0.25, 0.3) is 0 Å². The second kappa shape index (κ2) is 11.4. The number of benzene rings is 4. The average Bonchev–Trinajstić information content (AvgIpc) is 2.90. The van der Waals surface area contributed by atoms with E-state index in [1.165, 1.54) is 48.5 Å². The molecule has 0 bridgehead atoms. The number of aryl methyl sites for hydroxylation is 1. The second-order valence-corrected chi connectivity index (χ2v) is 8.38. The number of aromatic hydroxyl groups is 2. The molecule has 0 amide bonds. The molecule has 8 heteroatoms. The third-order valence-corrected chi connectivity index (χ3v) is 5.62. The van der Waals surface area contributed by atoms with Gasteiger partial charge < -0.3 is 19.7 Å². The van der Waals surface area contributed by atoms with Crippen LogP contribution >= 0.6 is 11.6 Å². The molecule has 7 nitrogen and oxygen atoms in total. The van der Waals surface area contributed by atoms with Crippen molar-refractivity contribution in [3.8, 4) is 23.0 Å². The van der Waals surface area contributed by atoms with Crippen LogP contribution in [0.5, 0.6) is 23.0 Å². The molecule has 4 rings (SSSR count). The number of halogens is 1. The Morgan fingerprint density at radius 2 is 1.35 bits per heavy atom. The number of ether oxygens (including phenoxy) is 2. The van der Waals surface area contributed by atoms with E-state index in [0.29, 0.717) is 29.0 Å². The Hall–Kier alpha value is -4.62. The monoisotopic (exact) mass is 515 g/mol. The molecule has 0 aromatic heterocycles. The first-order chi connectivity index (χ1) is 17.8. The fourth-order valence-corrected chi connectivity index (χ4v) is 3.64. The van der Waals surface area contributed by atoms with Crippen LogP contribution in [0.1, 0.15) is 38.8 Å². The number of carbonyl (C=O) groups excluding carboxylic acids is 2. The fourth-order valence-electron chi connectivity index (χ4n) is 3.37. The molecule has 0 aliphatic heterocycles. The largest absolute Gasteiger partial charge is 0.508 e. The van der Waals surface area contributed by atoms with E-state index in [1.807, 2.05) is 6.92 Å². The molecule has 37 heavy (non-hydrogen) atoms. The van der Waals surface area contributed by atoms with E-state index in [-0.39, 0.29) is 27.8 Å². The van der Waals surface area contributed by atoms with Gasteiger partial charge in [-0.3, -0.25) is 4.99 Å². The molecule has 4 aromatic carbocycles. The Labute approximate surface area is 218 Å². The van der Waals surface area contributed by atoms with Crippen LogP contribution < -0.4 is 9.47 Å². The maximum absolute atomic E-state index is 12.5. The molecule has 0 fully saturated rings. The second-order valence-electron chi connectivity index (χ2n) is 7.97. The number of phenols is 2. The normalized spacial score (nSPS) is 10.9. The molecular formula is C29H22ClNO6. The first-order valence-corrected chi connectivity index (χ1v) is 11.7. The van der Waals surface area contributed by atoms with Crippen LogP contribution in [-0.2, 0) is 6.42 Å². The molecule has 0 unspecified atom stereocenters. The summed E-state index contributed by atoms with van der Waals surface area (Å²) < 4.78 is 10.9. The number of hydrogen-bond donors (Lipinski definition) is 2. The Balaban J connectivity index is 1.44. The number of rotatable bonds is 7. The third kappa shape index (κ3) is 6.54. The van der Waals surface area contributed by atoms with Crippen molar-refractivity contribution in [3.63, 3.8) is 0 Å². The Bertz CT molecular complexity index is 1450. The summed E-state index contributed by atoms with van der Waals surface area (Å²) >= 11 is 6.43. The summed E-state index contributed by atoms with van der Waals surface area (Å²) in [6.45, 7) is 1.91. The summed E-state index contributed by atoms with van der Waals surface area (Å²) in [5.74, 6) is -0.367. The smallest absolute Gasteiger partial charge is 0.343 e. The first kappa shape index (κ1) is 25.5. The van der Waals surface area contributed by atoms with Crippen molar-refractivity contribution in [2.45, 2.75) is 13.3 Å². The topological polar surface area (TPSA) is 105 Å². The molecule has 0 aliphatic rings. The van der Waals surface area contributed by atoms with Gasteiger partial charge in [-0.1, -0.05) is 18.5 Å². The van der Waals surface area contributed by atoms with Crippen molar-refractivity contribution >= 4 is 35.4 Å². The quantitative estimate of drug-likeness (QED) is 0.165. The van der Waals surface area contributed by atoms with Gasteiger partial charge in [0.05, 0.1) is 21.8 Å². The van der Waals surface area contributed by atoms with Crippen molar-refractivity contribution in [1.82, 2.24) is 0 Å². The van der Waals surface area contributed by atoms with Gasteiger partial charge in [-0.05, 0) is 102 Å². The van der Waals surface area contributed by atoms with Gasteiger partial charge >= 0.3 is 11.9 Å². The predicted octanol–water partition coefficient (Wildman–Crippen LogP) is 6.50. The number of carbonyl (C=O) groups is 2. The lowest BCUT2D eigenvalue weighted by Crippen LogP contribution is -2.10. The Morgan fingerprint density at radius 3 is 1.89 bits per heavy atom. The van der Waals surface area contributed by atoms with E-state index in [9.17, 15) is 19.8 Å². The highest BCUT2D eigenvalue weighted by Gasteiger charge is 2.16. The maximum atomic E-state index is 12.5. The van der Waals surface area contributed by atoms with Crippen LogP contribution in [0.2, 0.25) is 5.02 Å². The minimum atomic E-state index is -0.584. The summed E-state index contributed by atoms with van der Waals surface area (Å²) in [4.78, 5) is 29.2. The minimum Gasteiger partial charge on any atom is -0.508 e. The molecule has 0 saturated heterocycles. The summed E-state index contributed by atoms with van der Waals surface area (Å²) in [6.07, 6.45) is 2.20. The highest BCUT2D eigenvalue weighted by molar-refractivity contribution is 6.32. The molecule has 0 heterocycles. The van der Waals surface area contributed by atoms with Crippen LogP contribution in [0.4, 0.5) is 5.69 Å². The van der Waals surface area contributed by atoms with Gasteiger partial charge in [0, 0.05) is 6.21 Å². The molecule has 0 radical (unpaired) electrons. The van der Waals surface area contributed by atoms with Gasteiger partial charge in [-0.25, -0.2) is 9.59 Å². The molecule has 2 N–H and O–H groups in total. The van der Waals surface area contributed by atoms with Crippen molar-refractivity contribution in [2.75, 3.05) is 0 Å². The number of phenolic OH excluding ortho intramolecular Hbond substituents is 2. The lowest BCUT2D eigenvalue weighted by molar-refractivity contribution is 0.0724. The molecule has 0 atom stereocenters. The molecule has 0 saturated carbocycles. The van der Waals surface area contributed by atoms with Gasteiger partial charge in [0.1, 0.15) is 17.2 Å². The third-order valence-electron chi connectivity index (χ3n) is 5.34. The molecule has 0 aliphatic carbocycles. The van der Waals surface area contributed by atoms with Crippen molar-refractivity contribution in [2.24, 2.45) is 4.99 Å². The van der Waals surface area contributed by atoms with E-state index in [1.54, 1.807) is 42.6 Å². The van der Waals surface area contributed by atoms with Crippen LogP contribution in [-0.4, -0.2) is 28.4 Å². The average molecular weight is 516 g/mol. The van der Waals surface area contributed by atoms with Gasteiger partial charge in [0.25, 0.3) is 0 Å². The molecular weight excluding hydrogens is 494 g/mol. The molecule has 186 valence electrons. The number of hydrogen-bond acceptors (Lipinski definition) is 7. The van der Waals surface area contributed by atoms with E-state index >= 15 is 0 Å². The minimum absolute atomic E-state index is 0.0516. The van der Waals surface area contributed by atoms with Gasteiger partial charge in [-0.2, -0.15) is 0 Å². The number of esters is 2. The van der Waals surface area contributed by atoms with Gasteiger partial charge in [0.15, 0.2) is 5.75 Å². The zero-order valence-corrected chi connectivity index (χ0v) is 20.5. The highest BCUT2D eigenvalue weighted by atomic mass is 35.5. The first-order valence-electron chi connectivity index (χ1n) is 11.3. The zero-order valence-electron chi connectivity index (χ0n) is 19.7. The Kier molecular flexibility index (Phi) is 7.86. The van der Waals surface area contributed by atoms with E-state index in [0.717, 1.165) is 5.56 Å². The summed E-state index contributed by atoms with van der Waals surface area (Å²) in [7, 11) is 0. The SMILES string of the molecule is CCc1cc(N=Cc2ccc(OC(=O)c3ccc(O)cc3)cc2)cc(Cl)c1OC(=O)c1ccc(O)cc1. The van der Waals surface area contributed by atoms with Crippen molar-refractivity contribution < 1.29 is 29.3 Å². The Morgan fingerprint density at radius 1 is 0.811 bits per heavy atom. The van der Waals surface area contributed by atoms with E-state index in [2.05, 4.69) is 4.99 Å². The van der Waals surface area contributed by atoms with E-state index < -0.39 is 11.9 Å². The zero-order chi connectivity index (χ0) is 26.4.